The number of nitrogens with one attached hydrogen (secondary N) is 1. The third kappa shape index (κ3) is 4.63. The van der Waals surface area contributed by atoms with Crippen molar-refractivity contribution in [3.63, 3.8) is 0 Å². The van der Waals surface area contributed by atoms with E-state index in [4.69, 9.17) is 4.98 Å². The molecule has 156 valence electrons. The first-order chi connectivity index (χ1) is 14.0. The number of fused-ring (bicyclic) bond motifs is 3. The Bertz CT molecular complexity index is 858. The van der Waals surface area contributed by atoms with E-state index in [-0.39, 0.29) is 11.9 Å². The van der Waals surface area contributed by atoms with E-state index in [1.165, 1.54) is 10.4 Å². The van der Waals surface area contributed by atoms with E-state index >= 15 is 0 Å². The number of nitrogens with zero attached hydrogens (tertiary/aromatic N) is 2. The molecule has 2 aliphatic carbocycles. The van der Waals surface area contributed by atoms with E-state index < -0.39 is 0 Å². The van der Waals surface area contributed by atoms with Gasteiger partial charge in [0.25, 0.3) is 0 Å². The van der Waals surface area contributed by atoms with E-state index in [2.05, 4.69) is 19.2 Å². The molecule has 6 heteroatoms. The summed E-state index contributed by atoms with van der Waals surface area (Å²) in [6, 6.07) is 5.80. The molecule has 0 atom stereocenters. The number of carbonyl (C=O) groups is 1. The lowest BCUT2D eigenvalue weighted by Gasteiger charge is -2.33. The van der Waals surface area contributed by atoms with Crippen LogP contribution in [0.3, 0.4) is 0 Å². The Hall–Kier alpha value is -1.95. The highest BCUT2D eigenvalue weighted by Gasteiger charge is 2.25. The molecule has 4 nitrogen and oxygen atoms in total. The van der Waals surface area contributed by atoms with Crippen LogP contribution in [0, 0.1) is 11.7 Å². The lowest BCUT2D eigenvalue weighted by Crippen LogP contribution is -2.37. The number of aryl methyl sites for hydroxylation is 2. The quantitative estimate of drug-likeness (QED) is 0.653. The zero-order valence-corrected chi connectivity index (χ0v) is 18.1. The summed E-state index contributed by atoms with van der Waals surface area (Å²) in [6.45, 7) is 5.00. The SMILES string of the molecule is CC(C)N(C=O)C[C@H]1CC[C@H](Nc2nc3c(s2)CCCc2ccc(F)cc2-3)CC1. The Morgan fingerprint density at radius 1 is 1.28 bits per heavy atom. The maximum Gasteiger partial charge on any atom is 0.209 e. The average Bonchev–Trinajstić information content (AvgIpc) is 3.03. The first-order valence-electron chi connectivity index (χ1n) is 10.8. The second-order valence-electron chi connectivity index (χ2n) is 8.70. The normalized spacial score (nSPS) is 21.2. The highest BCUT2D eigenvalue weighted by atomic mass is 32.1. The summed E-state index contributed by atoms with van der Waals surface area (Å²) >= 11 is 1.73. The third-order valence-electron chi connectivity index (χ3n) is 6.32. The van der Waals surface area contributed by atoms with Crippen LogP contribution in [0.25, 0.3) is 11.3 Å². The predicted molar refractivity (Wildman–Crippen MR) is 117 cm³/mol. The number of benzene rings is 1. The molecule has 0 bridgehead atoms. The van der Waals surface area contributed by atoms with E-state index in [1.807, 2.05) is 11.0 Å². The van der Waals surface area contributed by atoms with Crippen molar-refractivity contribution in [1.29, 1.82) is 0 Å². The molecule has 1 fully saturated rings. The minimum atomic E-state index is -0.191. The van der Waals surface area contributed by atoms with Crippen LogP contribution in [-0.2, 0) is 17.6 Å². The van der Waals surface area contributed by atoms with Gasteiger partial charge in [-0.25, -0.2) is 9.37 Å². The molecule has 4 rings (SSSR count). The van der Waals surface area contributed by atoms with Gasteiger partial charge in [0.1, 0.15) is 5.82 Å². The molecule has 1 aromatic carbocycles. The summed E-state index contributed by atoms with van der Waals surface area (Å²) in [5.41, 5.74) is 3.14. The van der Waals surface area contributed by atoms with Crippen LogP contribution in [0.1, 0.15) is 56.4 Å². The number of thiazole rings is 1. The Morgan fingerprint density at radius 3 is 2.79 bits per heavy atom. The van der Waals surface area contributed by atoms with Crippen molar-refractivity contribution in [3.05, 3.63) is 34.5 Å². The Morgan fingerprint density at radius 2 is 2.07 bits per heavy atom. The Balaban J connectivity index is 1.40. The number of halogens is 1. The minimum absolute atomic E-state index is 0.191. The summed E-state index contributed by atoms with van der Waals surface area (Å²) in [4.78, 5) is 19.3. The standard InChI is InChI=1S/C23H30FN3OS/c1-15(2)27(14-28)13-16-6-10-19(11-7-16)25-23-26-22-20-12-18(24)9-8-17(20)4-3-5-21(22)29-23/h8-9,12,14-16,19H,3-7,10-11,13H2,1-2H3,(H,25,26)/t16-,19-. The molecule has 1 aromatic heterocycles. The average molecular weight is 416 g/mol. The molecule has 1 amide bonds. The maximum absolute atomic E-state index is 13.8. The van der Waals surface area contributed by atoms with E-state index in [1.54, 1.807) is 23.5 Å². The fraction of sp³-hybridized carbons (Fsp3) is 0.565. The second-order valence-corrected chi connectivity index (χ2v) is 9.79. The highest BCUT2D eigenvalue weighted by molar-refractivity contribution is 7.16. The van der Waals surface area contributed by atoms with Crippen LogP contribution in [0.5, 0.6) is 0 Å². The van der Waals surface area contributed by atoms with Gasteiger partial charge in [0, 0.05) is 29.1 Å². The van der Waals surface area contributed by atoms with Gasteiger partial charge in [-0.05, 0) is 82.4 Å². The van der Waals surface area contributed by atoms with E-state index in [9.17, 15) is 9.18 Å². The first-order valence-corrected chi connectivity index (χ1v) is 11.6. The van der Waals surface area contributed by atoms with Gasteiger partial charge < -0.3 is 10.2 Å². The van der Waals surface area contributed by atoms with Gasteiger partial charge in [0.2, 0.25) is 6.41 Å². The summed E-state index contributed by atoms with van der Waals surface area (Å²) in [5.74, 6) is 0.395. The van der Waals surface area contributed by atoms with Crippen LogP contribution < -0.4 is 5.32 Å². The van der Waals surface area contributed by atoms with Crippen LogP contribution in [-0.4, -0.2) is 34.9 Å². The molecule has 0 aliphatic heterocycles. The molecule has 2 aliphatic rings. The van der Waals surface area contributed by atoms with E-state index in [0.717, 1.165) is 74.3 Å². The molecule has 0 spiro atoms. The molecule has 0 saturated heterocycles. The predicted octanol–water partition coefficient (Wildman–Crippen LogP) is 5.28. The number of rotatable bonds is 6. The van der Waals surface area contributed by atoms with Crippen molar-refractivity contribution >= 4 is 22.9 Å². The van der Waals surface area contributed by atoms with Crippen molar-refractivity contribution in [1.82, 2.24) is 9.88 Å². The smallest absolute Gasteiger partial charge is 0.209 e. The molecule has 2 aromatic rings. The van der Waals surface area contributed by atoms with Gasteiger partial charge >= 0.3 is 0 Å². The van der Waals surface area contributed by atoms with Crippen molar-refractivity contribution in [2.75, 3.05) is 11.9 Å². The number of amides is 1. The molecule has 0 unspecified atom stereocenters. The van der Waals surface area contributed by atoms with Gasteiger partial charge in [0.05, 0.1) is 5.69 Å². The van der Waals surface area contributed by atoms with Crippen molar-refractivity contribution in [2.45, 2.75) is 70.9 Å². The lowest BCUT2D eigenvalue weighted by molar-refractivity contribution is -0.120. The van der Waals surface area contributed by atoms with Crippen molar-refractivity contribution < 1.29 is 9.18 Å². The number of aromatic nitrogens is 1. The minimum Gasteiger partial charge on any atom is -0.359 e. The molecule has 1 heterocycles. The highest BCUT2D eigenvalue weighted by Crippen LogP contribution is 2.38. The molecule has 1 N–H and O–H groups in total. The Kier molecular flexibility index (Phi) is 6.18. The number of anilines is 1. The van der Waals surface area contributed by atoms with Gasteiger partial charge in [-0.1, -0.05) is 6.07 Å². The van der Waals surface area contributed by atoms with Crippen LogP contribution in [0.2, 0.25) is 0 Å². The van der Waals surface area contributed by atoms with Crippen LogP contribution in [0.15, 0.2) is 18.2 Å². The fourth-order valence-corrected chi connectivity index (χ4v) is 5.65. The van der Waals surface area contributed by atoms with Gasteiger partial charge in [-0.3, -0.25) is 4.79 Å². The van der Waals surface area contributed by atoms with E-state index in [0.29, 0.717) is 12.0 Å². The molecule has 1 saturated carbocycles. The zero-order chi connectivity index (χ0) is 20.4. The largest absolute Gasteiger partial charge is 0.359 e. The summed E-state index contributed by atoms with van der Waals surface area (Å²) < 4.78 is 13.8. The number of hydrogen-bond donors (Lipinski definition) is 1. The summed E-state index contributed by atoms with van der Waals surface area (Å²) in [5, 5.41) is 4.61. The lowest BCUT2D eigenvalue weighted by atomic mass is 9.85. The summed E-state index contributed by atoms with van der Waals surface area (Å²) in [6.07, 6.45) is 8.53. The van der Waals surface area contributed by atoms with Gasteiger partial charge in [-0.15, -0.1) is 11.3 Å². The fourth-order valence-electron chi connectivity index (χ4n) is 4.56. The van der Waals surface area contributed by atoms with Gasteiger partial charge in [-0.2, -0.15) is 0 Å². The second kappa shape index (κ2) is 8.82. The monoisotopic (exact) mass is 415 g/mol. The number of hydrogen-bond acceptors (Lipinski definition) is 4. The third-order valence-corrected chi connectivity index (χ3v) is 7.36. The summed E-state index contributed by atoms with van der Waals surface area (Å²) in [7, 11) is 0. The van der Waals surface area contributed by atoms with Crippen molar-refractivity contribution in [2.24, 2.45) is 5.92 Å². The molecular formula is C23H30FN3OS. The Labute approximate surface area is 176 Å². The molecule has 29 heavy (non-hydrogen) atoms. The van der Waals surface area contributed by atoms with Crippen LogP contribution >= 0.6 is 11.3 Å². The van der Waals surface area contributed by atoms with Crippen LogP contribution in [0.4, 0.5) is 9.52 Å². The first kappa shape index (κ1) is 20.3. The topological polar surface area (TPSA) is 45.2 Å². The molecular weight excluding hydrogens is 385 g/mol. The van der Waals surface area contributed by atoms with Crippen molar-refractivity contribution in [3.8, 4) is 11.3 Å². The zero-order valence-electron chi connectivity index (χ0n) is 17.3. The maximum atomic E-state index is 13.8. The van der Waals surface area contributed by atoms with Gasteiger partial charge in [0.15, 0.2) is 5.13 Å². The number of carbonyl (C=O) groups excluding carboxylic acids is 1. The molecule has 0 radical (unpaired) electrons.